The highest BCUT2D eigenvalue weighted by Gasteiger charge is 2.09. The largest absolute Gasteiger partial charge is 0.467 e. The number of nitrogens with zero attached hydrogens (tertiary/aromatic N) is 2. The Bertz CT molecular complexity index is 628. The van der Waals surface area contributed by atoms with Gasteiger partial charge in [-0.25, -0.2) is 0 Å². The lowest BCUT2D eigenvalue weighted by atomic mass is 10.3. The van der Waals surface area contributed by atoms with Crippen LogP contribution in [0.5, 0.6) is 0 Å². The number of furan rings is 1. The van der Waals surface area contributed by atoms with Crippen LogP contribution in [-0.2, 0) is 6.54 Å². The minimum atomic E-state index is 0.526. The summed E-state index contributed by atoms with van der Waals surface area (Å²) in [5.74, 6) is 0.937. The molecule has 0 saturated heterocycles. The van der Waals surface area contributed by atoms with Gasteiger partial charge >= 0.3 is 0 Å². The maximum atomic E-state index is 5.40. The molecule has 0 saturated carbocycles. The van der Waals surface area contributed by atoms with Crippen molar-refractivity contribution in [2.24, 2.45) is 5.10 Å². The molecule has 2 heterocycles. The number of nitrogens with one attached hydrogen (secondary N) is 2. The lowest BCUT2D eigenvalue weighted by Crippen LogP contribution is -2.31. The minimum Gasteiger partial charge on any atom is -0.467 e. The van der Waals surface area contributed by atoms with Gasteiger partial charge in [-0.2, -0.15) is 5.10 Å². The van der Waals surface area contributed by atoms with Crippen molar-refractivity contribution in [2.45, 2.75) is 27.3 Å². The lowest BCUT2D eigenvalue weighted by molar-refractivity contribution is 0.489. The van der Waals surface area contributed by atoms with E-state index in [1.165, 1.54) is 5.69 Å². The highest BCUT2D eigenvalue weighted by atomic mass is 32.1. The zero-order valence-electron chi connectivity index (χ0n) is 12.5. The van der Waals surface area contributed by atoms with Gasteiger partial charge in [0.2, 0.25) is 0 Å². The summed E-state index contributed by atoms with van der Waals surface area (Å²) in [4.78, 5) is 0. The molecule has 112 valence electrons. The molecule has 2 aromatic heterocycles. The lowest BCUT2D eigenvalue weighted by Gasteiger charge is -2.07. The second-order valence-electron chi connectivity index (χ2n) is 4.72. The van der Waals surface area contributed by atoms with E-state index in [0.717, 1.165) is 30.1 Å². The number of hydrogen-bond donors (Lipinski definition) is 2. The van der Waals surface area contributed by atoms with Gasteiger partial charge in [-0.1, -0.05) is 0 Å². The molecule has 5 nitrogen and oxygen atoms in total. The third-order valence-corrected chi connectivity index (χ3v) is 3.45. The fraction of sp³-hybridized carbons (Fsp3) is 0.333. The van der Waals surface area contributed by atoms with Crippen molar-refractivity contribution < 1.29 is 4.42 Å². The van der Waals surface area contributed by atoms with Crippen LogP contribution in [0.15, 0.2) is 34.0 Å². The topological polar surface area (TPSA) is 54.5 Å². The van der Waals surface area contributed by atoms with Gasteiger partial charge in [-0.05, 0) is 51.2 Å². The summed E-state index contributed by atoms with van der Waals surface area (Å²) < 4.78 is 7.60. The summed E-state index contributed by atoms with van der Waals surface area (Å²) in [6.07, 6.45) is 3.47. The van der Waals surface area contributed by atoms with Crippen LogP contribution in [0.4, 0.5) is 0 Å². The monoisotopic (exact) mass is 304 g/mol. The van der Waals surface area contributed by atoms with Crippen molar-refractivity contribution >= 4 is 23.5 Å². The molecule has 0 aliphatic heterocycles. The van der Waals surface area contributed by atoms with Crippen LogP contribution in [0.2, 0.25) is 0 Å². The fourth-order valence-electron chi connectivity index (χ4n) is 2.12. The molecule has 2 N–H and O–H groups in total. The highest BCUT2D eigenvalue weighted by molar-refractivity contribution is 7.80. The van der Waals surface area contributed by atoms with Crippen molar-refractivity contribution in [2.75, 3.05) is 6.54 Å². The van der Waals surface area contributed by atoms with Crippen molar-refractivity contribution in [3.8, 4) is 0 Å². The summed E-state index contributed by atoms with van der Waals surface area (Å²) in [7, 11) is 0. The van der Waals surface area contributed by atoms with Crippen LogP contribution in [0, 0.1) is 13.8 Å². The van der Waals surface area contributed by atoms with E-state index in [1.54, 1.807) is 12.5 Å². The van der Waals surface area contributed by atoms with Crippen LogP contribution < -0.4 is 10.7 Å². The fourth-order valence-corrected chi connectivity index (χ4v) is 2.32. The molecule has 0 aromatic carbocycles. The Morgan fingerprint density at radius 1 is 1.48 bits per heavy atom. The van der Waals surface area contributed by atoms with E-state index in [-0.39, 0.29) is 0 Å². The van der Waals surface area contributed by atoms with Crippen LogP contribution in [0.3, 0.4) is 0 Å². The van der Waals surface area contributed by atoms with Gasteiger partial charge in [-0.3, -0.25) is 5.43 Å². The Hall–Kier alpha value is -2.08. The Kier molecular flexibility index (Phi) is 5.16. The summed E-state index contributed by atoms with van der Waals surface area (Å²) in [5, 5.41) is 7.66. The Labute approximate surface area is 130 Å². The normalized spacial score (nSPS) is 11.0. The molecule has 2 rings (SSSR count). The average molecular weight is 304 g/mol. The van der Waals surface area contributed by atoms with Crippen molar-refractivity contribution in [1.29, 1.82) is 0 Å². The number of aromatic nitrogens is 1. The molecule has 2 aromatic rings. The Balaban J connectivity index is 2.08. The third kappa shape index (κ3) is 3.95. The molecule has 0 aliphatic rings. The molecule has 0 unspecified atom stereocenters. The molecule has 0 spiro atoms. The average Bonchev–Trinajstić information content (AvgIpc) is 3.04. The molecule has 0 aliphatic carbocycles. The van der Waals surface area contributed by atoms with Gasteiger partial charge in [-0.15, -0.1) is 0 Å². The molecular weight excluding hydrogens is 284 g/mol. The Morgan fingerprint density at radius 3 is 2.95 bits per heavy atom. The second-order valence-corrected chi connectivity index (χ2v) is 5.13. The van der Waals surface area contributed by atoms with Crippen molar-refractivity contribution in [1.82, 2.24) is 15.3 Å². The van der Waals surface area contributed by atoms with E-state index >= 15 is 0 Å². The van der Waals surface area contributed by atoms with Gasteiger partial charge in [0.05, 0.1) is 19.0 Å². The molecule has 6 heteroatoms. The summed E-state index contributed by atoms with van der Waals surface area (Å²) >= 11 is 5.06. The SMILES string of the molecule is CCNC(=S)N/N=C\c1cc(C)n(Cc2ccco2)c1C. The molecule has 0 atom stereocenters. The number of hydrogen-bond acceptors (Lipinski definition) is 3. The maximum Gasteiger partial charge on any atom is 0.186 e. The smallest absolute Gasteiger partial charge is 0.186 e. The second kappa shape index (κ2) is 7.08. The Morgan fingerprint density at radius 2 is 2.29 bits per heavy atom. The molecule has 0 fully saturated rings. The first kappa shape index (κ1) is 15.3. The quantitative estimate of drug-likeness (QED) is 0.506. The standard InChI is InChI=1S/C15H20N4OS/c1-4-16-15(21)18-17-9-13-8-11(2)19(12(13)3)10-14-6-5-7-20-14/h5-9H,4,10H2,1-3H3,(H2,16,18,21)/b17-9-. The molecule has 21 heavy (non-hydrogen) atoms. The summed E-state index contributed by atoms with van der Waals surface area (Å²) in [6, 6.07) is 5.97. The molecule has 0 bridgehead atoms. The van der Waals surface area contributed by atoms with Crippen molar-refractivity contribution in [3.63, 3.8) is 0 Å². The van der Waals surface area contributed by atoms with E-state index in [9.17, 15) is 0 Å². The van der Waals surface area contributed by atoms with Crippen LogP contribution in [0.25, 0.3) is 0 Å². The van der Waals surface area contributed by atoms with E-state index in [0.29, 0.717) is 5.11 Å². The first-order valence-corrected chi connectivity index (χ1v) is 7.28. The van der Waals surface area contributed by atoms with E-state index in [1.807, 2.05) is 19.1 Å². The van der Waals surface area contributed by atoms with Crippen molar-refractivity contribution in [3.05, 3.63) is 47.2 Å². The van der Waals surface area contributed by atoms with E-state index in [4.69, 9.17) is 16.6 Å². The zero-order chi connectivity index (χ0) is 15.2. The maximum absolute atomic E-state index is 5.40. The van der Waals surface area contributed by atoms with Gasteiger partial charge in [0.25, 0.3) is 0 Å². The zero-order valence-corrected chi connectivity index (χ0v) is 13.3. The predicted molar refractivity (Wildman–Crippen MR) is 88.7 cm³/mol. The van der Waals surface area contributed by atoms with Crippen LogP contribution in [0.1, 0.15) is 29.6 Å². The number of rotatable bonds is 5. The van der Waals surface area contributed by atoms with Crippen LogP contribution >= 0.6 is 12.2 Å². The molecule has 0 amide bonds. The van der Waals surface area contributed by atoms with E-state index in [2.05, 4.69) is 40.3 Å². The van der Waals surface area contributed by atoms with Gasteiger partial charge < -0.3 is 14.3 Å². The van der Waals surface area contributed by atoms with Gasteiger partial charge in [0.1, 0.15) is 5.76 Å². The molecular formula is C15H20N4OS. The van der Waals surface area contributed by atoms with E-state index < -0.39 is 0 Å². The minimum absolute atomic E-state index is 0.526. The first-order valence-electron chi connectivity index (χ1n) is 6.87. The number of hydrazone groups is 1. The first-order chi connectivity index (χ1) is 10.1. The third-order valence-electron chi connectivity index (χ3n) is 3.21. The predicted octanol–water partition coefficient (Wildman–Crippen LogP) is 2.56. The van der Waals surface area contributed by atoms with Gasteiger partial charge in [0.15, 0.2) is 5.11 Å². The molecule has 0 radical (unpaired) electrons. The number of thiocarbonyl (C=S) groups is 1. The van der Waals surface area contributed by atoms with Crippen LogP contribution in [-0.4, -0.2) is 22.4 Å². The summed E-state index contributed by atoms with van der Waals surface area (Å²) in [5.41, 5.74) is 6.17. The van der Waals surface area contributed by atoms with Gasteiger partial charge in [0, 0.05) is 23.5 Å². The summed E-state index contributed by atoms with van der Waals surface area (Å²) in [6.45, 7) is 7.63. The highest BCUT2D eigenvalue weighted by Crippen LogP contribution is 2.15. The number of aryl methyl sites for hydroxylation is 1.